The second-order valence-electron chi connectivity index (χ2n) is 4.22. The Hall–Kier alpha value is -1.60. The fraction of sp³-hybridized carbons (Fsp3) is 0.167. The Morgan fingerprint density at radius 2 is 2.26 bits per heavy atom. The van der Waals surface area contributed by atoms with Crippen molar-refractivity contribution in [2.24, 2.45) is 0 Å². The van der Waals surface area contributed by atoms with Crippen LogP contribution in [0, 0.1) is 6.92 Å². The van der Waals surface area contributed by atoms with E-state index in [1.165, 1.54) is 11.5 Å². The summed E-state index contributed by atoms with van der Waals surface area (Å²) < 4.78 is 6.17. The van der Waals surface area contributed by atoms with Gasteiger partial charge in [0, 0.05) is 9.85 Å². The number of aromatic nitrogens is 4. The average Bonchev–Trinajstić information content (AvgIpc) is 2.86. The Morgan fingerprint density at radius 3 is 3.00 bits per heavy atom. The molecular weight excluding hydrogens is 328 g/mol. The van der Waals surface area contributed by atoms with Crippen LogP contribution in [0.25, 0.3) is 10.9 Å². The molecule has 96 valence electrons. The van der Waals surface area contributed by atoms with Gasteiger partial charge in [0.05, 0.1) is 29.5 Å². The van der Waals surface area contributed by atoms with E-state index >= 15 is 0 Å². The lowest BCUT2D eigenvalue weighted by atomic mass is 10.2. The largest absolute Gasteiger partial charge is 0.293 e. The second kappa shape index (κ2) is 4.82. The molecule has 0 amide bonds. The standard InChI is InChI=1S/C12H9BrN4OS/c1-7-2-9-11(10(13)3-7)14-6-17(12(9)18)4-8-5-19-16-15-8/h2-3,5-6H,4H2,1H3. The summed E-state index contributed by atoms with van der Waals surface area (Å²) in [6.45, 7) is 2.34. The molecule has 0 aliphatic carbocycles. The van der Waals surface area contributed by atoms with Gasteiger partial charge in [-0.15, -0.1) is 5.10 Å². The Morgan fingerprint density at radius 1 is 1.42 bits per heavy atom. The third-order valence-corrected chi connectivity index (χ3v) is 3.92. The summed E-state index contributed by atoms with van der Waals surface area (Å²) in [5, 5.41) is 6.37. The van der Waals surface area contributed by atoms with Crippen molar-refractivity contribution in [3.63, 3.8) is 0 Å². The Balaban J connectivity index is 2.18. The van der Waals surface area contributed by atoms with Crippen LogP contribution in [0.3, 0.4) is 0 Å². The van der Waals surface area contributed by atoms with Gasteiger partial charge in [-0.1, -0.05) is 4.49 Å². The van der Waals surface area contributed by atoms with Gasteiger partial charge in [0.25, 0.3) is 5.56 Å². The molecular formula is C12H9BrN4OS. The van der Waals surface area contributed by atoms with Crippen molar-refractivity contribution >= 4 is 38.4 Å². The van der Waals surface area contributed by atoms with Crippen LogP contribution in [0.15, 0.2) is 33.1 Å². The predicted molar refractivity (Wildman–Crippen MR) is 77.5 cm³/mol. The first-order chi connectivity index (χ1) is 9.15. The molecule has 0 saturated heterocycles. The maximum Gasteiger partial charge on any atom is 0.261 e. The molecule has 3 rings (SSSR count). The minimum atomic E-state index is -0.0672. The highest BCUT2D eigenvalue weighted by Crippen LogP contribution is 2.21. The SMILES string of the molecule is Cc1cc(Br)c2ncn(Cc3csnn3)c(=O)c2c1. The first kappa shape index (κ1) is 12.4. The average molecular weight is 337 g/mol. The van der Waals surface area contributed by atoms with Crippen LogP contribution in [-0.2, 0) is 6.54 Å². The molecule has 0 fully saturated rings. The highest BCUT2D eigenvalue weighted by Gasteiger charge is 2.09. The van der Waals surface area contributed by atoms with E-state index in [2.05, 4.69) is 30.5 Å². The van der Waals surface area contributed by atoms with Crippen molar-refractivity contribution in [3.05, 3.63) is 49.9 Å². The van der Waals surface area contributed by atoms with Gasteiger partial charge in [-0.3, -0.25) is 9.36 Å². The van der Waals surface area contributed by atoms with E-state index in [9.17, 15) is 4.79 Å². The molecule has 0 atom stereocenters. The quantitative estimate of drug-likeness (QED) is 0.720. The van der Waals surface area contributed by atoms with Crippen molar-refractivity contribution in [3.8, 4) is 0 Å². The third-order valence-electron chi connectivity index (χ3n) is 2.76. The summed E-state index contributed by atoms with van der Waals surface area (Å²) in [7, 11) is 0. The molecule has 5 nitrogen and oxygen atoms in total. The Kier molecular flexibility index (Phi) is 3.16. The van der Waals surface area contributed by atoms with Gasteiger partial charge < -0.3 is 0 Å². The zero-order valence-corrected chi connectivity index (χ0v) is 12.4. The van der Waals surface area contributed by atoms with Crippen LogP contribution >= 0.6 is 27.5 Å². The van der Waals surface area contributed by atoms with Gasteiger partial charge in [-0.25, -0.2) is 4.98 Å². The highest BCUT2D eigenvalue weighted by atomic mass is 79.9. The molecule has 7 heteroatoms. The summed E-state index contributed by atoms with van der Waals surface area (Å²) in [6, 6.07) is 3.80. The maximum absolute atomic E-state index is 12.4. The van der Waals surface area contributed by atoms with E-state index in [1.807, 2.05) is 24.4 Å². The third kappa shape index (κ3) is 2.31. The van der Waals surface area contributed by atoms with Gasteiger partial charge in [0.15, 0.2) is 0 Å². The van der Waals surface area contributed by atoms with Crippen molar-refractivity contribution in [1.29, 1.82) is 0 Å². The zero-order chi connectivity index (χ0) is 13.4. The fourth-order valence-electron chi connectivity index (χ4n) is 1.90. The van der Waals surface area contributed by atoms with E-state index in [0.29, 0.717) is 17.4 Å². The van der Waals surface area contributed by atoms with Crippen LogP contribution in [-0.4, -0.2) is 19.1 Å². The van der Waals surface area contributed by atoms with Gasteiger partial charge in [0.2, 0.25) is 0 Å². The minimum Gasteiger partial charge on any atom is -0.293 e. The van der Waals surface area contributed by atoms with E-state index in [0.717, 1.165) is 15.7 Å². The van der Waals surface area contributed by atoms with Crippen LogP contribution in [0.1, 0.15) is 11.3 Å². The van der Waals surface area contributed by atoms with Crippen LogP contribution < -0.4 is 5.56 Å². The van der Waals surface area contributed by atoms with Crippen molar-refractivity contribution < 1.29 is 0 Å². The van der Waals surface area contributed by atoms with Crippen LogP contribution in [0.5, 0.6) is 0 Å². The molecule has 2 aromatic heterocycles. The molecule has 3 aromatic rings. The van der Waals surface area contributed by atoms with Crippen molar-refractivity contribution in [1.82, 2.24) is 19.1 Å². The predicted octanol–water partition coefficient (Wildman–Crippen LogP) is 2.37. The number of hydrogen-bond acceptors (Lipinski definition) is 5. The van der Waals surface area contributed by atoms with Gasteiger partial charge >= 0.3 is 0 Å². The Bertz CT molecular complexity index is 797. The molecule has 1 aromatic carbocycles. The zero-order valence-electron chi connectivity index (χ0n) is 10.00. The fourth-order valence-corrected chi connectivity index (χ4v) is 3.02. The molecule has 19 heavy (non-hydrogen) atoms. The summed E-state index contributed by atoms with van der Waals surface area (Å²) in [5.41, 5.74) is 2.40. The first-order valence-electron chi connectivity index (χ1n) is 5.56. The van der Waals surface area contributed by atoms with Crippen LogP contribution in [0.2, 0.25) is 0 Å². The van der Waals surface area contributed by atoms with E-state index < -0.39 is 0 Å². The molecule has 0 N–H and O–H groups in total. The molecule has 0 bridgehead atoms. The number of halogens is 1. The maximum atomic E-state index is 12.4. The molecule has 2 heterocycles. The van der Waals surface area contributed by atoms with Crippen molar-refractivity contribution in [2.45, 2.75) is 13.5 Å². The number of nitrogens with zero attached hydrogens (tertiary/aromatic N) is 4. The summed E-state index contributed by atoms with van der Waals surface area (Å²) in [6.07, 6.45) is 1.55. The monoisotopic (exact) mass is 336 g/mol. The highest BCUT2D eigenvalue weighted by molar-refractivity contribution is 9.10. The van der Waals surface area contributed by atoms with Crippen LogP contribution in [0.4, 0.5) is 0 Å². The molecule has 0 spiro atoms. The molecule has 0 aliphatic heterocycles. The smallest absolute Gasteiger partial charge is 0.261 e. The summed E-state index contributed by atoms with van der Waals surface area (Å²) >= 11 is 4.70. The number of fused-ring (bicyclic) bond motifs is 1. The molecule has 0 aliphatic rings. The van der Waals surface area contributed by atoms with E-state index in [-0.39, 0.29) is 5.56 Å². The number of rotatable bonds is 2. The minimum absolute atomic E-state index is 0.0672. The molecule has 0 unspecified atom stereocenters. The lowest BCUT2D eigenvalue weighted by molar-refractivity contribution is 0.726. The van der Waals surface area contributed by atoms with E-state index in [4.69, 9.17) is 0 Å². The topological polar surface area (TPSA) is 60.7 Å². The van der Waals surface area contributed by atoms with E-state index in [1.54, 1.807) is 10.9 Å². The summed E-state index contributed by atoms with van der Waals surface area (Å²) in [5.74, 6) is 0. The Labute approximate surface area is 121 Å². The molecule has 0 saturated carbocycles. The molecule has 0 radical (unpaired) electrons. The normalized spacial score (nSPS) is 11.1. The van der Waals surface area contributed by atoms with Gasteiger partial charge in [-0.05, 0) is 52.1 Å². The van der Waals surface area contributed by atoms with Gasteiger partial charge in [0.1, 0.15) is 0 Å². The lowest BCUT2D eigenvalue weighted by Crippen LogP contribution is -2.21. The number of hydrogen-bond donors (Lipinski definition) is 0. The summed E-state index contributed by atoms with van der Waals surface area (Å²) in [4.78, 5) is 16.8. The second-order valence-corrected chi connectivity index (χ2v) is 5.68. The number of aryl methyl sites for hydroxylation is 1. The van der Waals surface area contributed by atoms with Crippen molar-refractivity contribution in [2.75, 3.05) is 0 Å². The van der Waals surface area contributed by atoms with Gasteiger partial charge in [-0.2, -0.15) is 0 Å². The lowest BCUT2D eigenvalue weighted by Gasteiger charge is -2.06. The number of benzene rings is 1. The first-order valence-corrected chi connectivity index (χ1v) is 7.19.